The highest BCUT2D eigenvalue weighted by Crippen LogP contribution is 2.21. The van der Waals surface area contributed by atoms with Crippen molar-refractivity contribution >= 4 is 28.8 Å². The van der Waals surface area contributed by atoms with E-state index in [9.17, 15) is 9.59 Å². The minimum atomic E-state index is -0.495. The molecule has 0 bridgehead atoms. The molecule has 4 heteroatoms. The zero-order valence-electron chi connectivity index (χ0n) is 13.8. The highest BCUT2D eigenvalue weighted by atomic mass is 16.5. The van der Waals surface area contributed by atoms with Gasteiger partial charge in [0.15, 0.2) is 0 Å². The number of hydrogen-bond donors (Lipinski definition) is 0. The van der Waals surface area contributed by atoms with Crippen LogP contribution in [0.3, 0.4) is 0 Å². The Morgan fingerprint density at radius 2 is 1.62 bits per heavy atom. The standard InChI is InChI=1S/C20H20O4/c1-3-23-19(21)13-12-17(20(22)24-4-2)14-16-10-7-9-15-8-5-6-11-18(15)16/h5-14H,3-4H2,1-2H3/b13-12+,17-14+. The molecule has 0 aromatic heterocycles. The molecule has 0 saturated heterocycles. The van der Waals surface area contributed by atoms with E-state index in [-0.39, 0.29) is 13.2 Å². The first kappa shape index (κ1) is 17.5. The topological polar surface area (TPSA) is 52.6 Å². The summed E-state index contributed by atoms with van der Waals surface area (Å²) in [5, 5.41) is 2.09. The first-order valence-corrected chi connectivity index (χ1v) is 7.87. The van der Waals surface area contributed by atoms with Crippen LogP contribution in [-0.4, -0.2) is 25.2 Å². The zero-order valence-corrected chi connectivity index (χ0v) is 13.8. The molecule has 124 valence electrons. The van der Waals surface area contributed by atoms with E-state index < -0.39 is 11.9 Å². The third-order valence-electron chi connectivity index (χ3n) is 3.33. The molecule has 0 unspecified atom stereocenters. The number of fused-ring (bicyclic) bond motifs is 1. The van der Waals surface area contributed by atoms with Crippen LogP contribution in [0.1, 0.15) is 19.4 Å². The number of ether oxygens (including phenoxy) is 2. The van der Waals surface area contributed by atoms with Crippen molar-refractivity contribution in [2.24, 2.45) is 0 Å². The molecule has 0 saturated carbocycles. The Morgan fingerprint density at radius 3 is 2.38 bits per heavy atom. The van der Waals surface area contributed by atoms with Gasteiger partial charge in [-0.25, -0.2) is 9.59 Å². The third kappa shape index (κ3) is 4.56. The Bertz CT molecular complexity index is 782. The van der Waals surface area contributed by atoms with Gasteiger partial charge in [-0.1, -0.05) is 42.5 Å². The Labute approximate surface area is 141 Å². The maximum absolute atomic E-state index is 12.2. The van der Waals surface area contributed by atoms with Gasteiger partial charge in [-0.15, -0.1) is 0 Å². The first-order chi connectivity index (χ1) is 11.7. The molecule has 0 aliphatic carbocycles. The van der Waals surface area contributed by atoms with E-state index >= 15 is 0 Å². The number of esters is 2. The van der Waals surface area contributed by atoms with Gasteiger partial charge >= 0.3 is 11.9 Å². The van der Waals surface area contributed by atoms with Crippen LogP contribution in [0, 0.1) is 0 Å². The van der Waals surface area contributed by atoms with E-state index in [1.54, 1.807) is 19.9 Å². The molecule has 4 nitrogen and oxygen atoms in total. The van der Waals surface area contributed by atoms with Crippen molar-refractivity contribution in [3.05, 3.63) is 65.8 Å². The molecule has 0 amide bonds. The minimum Gasteiger partial charge on any atom is -0.463 e. The first-order valence-electron chi connectivity index (χ1n) is 7.87. The van der Waals surface area contributed by atoms with E-state index in [1.165, 1.54) is 12.2 Å². The van der Waals surface area contributed by atoms with Gasteiger partial charge in [0, 0.05) is 6.08 Å². The van der Waals surface area contributed by atoms with Crippen molar-refractivity contribution in [3.8, 4) is 0 Å². The average Bonchev–Trinajstić information content (AvgIpc) is 2.59. The summed E-state index contributed by atoms with van der Waals surface area (Å²) in [7, 11) is 0. The lowest BCUT2D eigenvalue weighted by atomic mass is 10.0. The zero-order chi connectivity index (χ0) is 17.4. The van der Waals surface area contributed by atoms with Crippen LogP contribution in [-0.2, 0) is 19.1 Å². The highest BCUT2D eigenvalue weighted by molar-refractivity contribution is 6.01. The van der Waals surface area contributed by atoms with E-state index in [1.807, 2.05) is 42.5 Å². The number of benzene rings is 2. The summed E-state index contributed by atoms with van der Waals surface area (Å²) in [6.45, 7) is 4.01. The molecule has 0 aliphatic heterocycles. The van der Waals surface area contributed by atoms with E-state index in [0.29, 0.717) is 5.57 Å². The Hall–Kier alpha value is -2.88. The quantitative estimate of drug-likeness (QED) is 0.459. The van der Waals surface area contributed by atoms with Gasteiger partial charge < -0.3 is 9.47 Å². The average molecular weight is 324 g/mol. The second-order valence-corrected chi connectivity index (χ2v) is 4.97. The van der Waals surface area contributed by atoms with Gasteiger partial charge in [-0.3, -0.25) is 0 Å². The fraction of sp³-hybridized carbons (Fsp3) is 0.200. The number of hydrogen-bond acceptors (Lipinski definition) is 4. The molecule has 2 aromatic carbocycles. The molecule has 24 heavy (non-hydrogen) atoms. The molecule has 0 aliphatic rings. The van der Waals surface area contributed by atoms with Gasteiger partial charge in [-0.05, 0) is 42.3 Å². The smallest absolute Gasteiger partial charge is 0.338 e. The molecule has 0 heterocycles. The van der Waals surface area contributed by atoms with Crippen LogP contribution in [0.4, 0.5) is 0 Å². The lowest BCUT2D eigenvalue weighted by molar-refractivity contribution is -0.138. The predicted octanol–water partition coefficient (Wildman–Crippen LogP) is 3.91. The number of rotatable bonds is 6. The van der Waals surface area contributed by atoms with Gasteiger partial charge in [0.25, 0.3) is 0 Å². The Balaban J connectivity index is 2.43. The van der Waals surface area contributed by atoms with Crippen molar-refractivity contribution < 1.29 is 19.1 Å². The third-order valence-corrected chi connectivity index (χ3v) is 3.33. The largest absolute Gasteiger partial charge is 0.463 e. The van der Waals surface area contributed by atoms with Crippen molar-refractivity contribution in [1.82, 2.24) is 0 Å². The monoisotopic (exact) mass is 324 g/mol. The summed E-state index contributed by atoms with van der Waals surface area (Å²) < 4.78 is 9.92. The Kier molecular flexibility index (Phi) is 6.32. The summed E-state index contributed by atoms with van der Waals surface area (Å²) in [5.74, 6) is -0.975. The van der Waals surface area contributed by atoms with Crippen LogP contribution in [0.15, 0.2) is 60.2 Å². The van der Waals surface area contributed by atoms with Crippen molar-refractivity contribution in [1.29, 1.82) is 0 Å². The number of carbonyl (C=O) groups excluding carboxylic acids is 2. The van der Waals surface area contributed by atoms with E-state index in [0.717, 1.165) is 16.3 Å². The van der Waals surface area contributed by atoms with Crippen LogP contribution < -0.4 is 0 Å². The van der Waals surface area contributed by atoms with Crippen molar-refractivity contribution in [2.75, 3.05) is 13.2 Å². The molecule has 0 spiro atoms. The fourth-order valence-corrected chi connectivity index (χ4v) is 2.28. The molecule has 0 radical (unpaired) electrons. The number of carbonyl (C=O) groups is 2. The van der Waals surface area contributed by atoms with Crippen LogP contribution in [0.25, 0.3) is 16.8 Å². The van der Waals surface area contributed by atoms with Crippen molar-refractivity contribution in [3.63, 3.8) is 0 Å². The summed E-state index contributed by atoms with van der Waals surface area (Å²) in [5.41, 5.74) is 1.17. The molecule has 0 N–H and O–H groups in total. The van der Waals surface area contributed by atoms with Gasteiger partial charge in [-0.2, -0.15) is 0 Å². The summed E-state index contributed by atoms with van der Waals surface area (Å²) in [6, 6.07) is 13.7. The van der Waals surface area contributed by atoms with Crippen LogP contribution in [0.5, 0.6) is 0 Å². The van der Waals surface area contributed by atoms with Gasteiger partial charge in [0.05, 0.1) is 18.8 Å². The Morgan fingerprint density at radius 1 is 0.917 bits per heavy atom. The summed E-state index contributed by atoms with van der Waals surface area (Å²) in [4.78, 5) is 23.7. The molecule has 2 aromatic rings. The van der Waals surface area contributed by atoms with Gasteiger partial charge in [0.2, 0.25) is 0 Å². The van der Waals surface area contributed by atoms with Crippen LogP contribution >= 0.6 is 0 Å². The van der Waals surface area contributed by atoms with Crippen LogP contribution in [0.2, 0.25) is 0 Å². The van der Waals surface area contributed by atoms with Gasteiger partial charge in [0.1, 0.15) is 0 Å². The maximum atomic E-state index is 12.2. The normalized spacial score (nSPS) is 11.7. The van der Waals surface area contributed by atoms with E-state index in [2.05, 4.69) is 0 Å². The maximum Gasteiger partial charge on any atom is 0.338 e. The molecule has 2 rings (SSSR count). The summed E-state index contributed by atoms with van der Waals surface area (Å²) >= 11 is 0. The predicted molar refractivity (Wildman–Crippen MR) is 94.3 cm³/mol. The molecule has 0 atom stereocenters. The fourth-order valence-electron chi connectivity index (χ4n) is 2.28. The SMILES string of the molecule is CCOC(=O)/C=C/C(=C\c1cccc2ccccc12)C(=O)OCC. The molecular formula is C20H20O4. The minimum absolute atomic E-state index is 0.263. The lowest BCUT2D eigenvalue weighted by Crippen LogP contribution is -2.07. The summed E-state index contributed by atoms with van der Waals surface area (Å²) in [6.07, 6.45) is 4.38. The van der Waals surface area contributed by atoms with Crippen molar-refractivity contribution in [2.45, 2.75) is 13.8 Å². The lowest BCUT2D eigenvalue weighted by Gasteiger charge is -2.06. The second-order valence-electron chi connectivity index (χ2n) is 4.97. The second kappa shape index (κ2) is 8.67. The molecule has 0 fully saturated rings. The van der Waals surface area contributed by atoms with E-state index in [4.69, 9.17) is 9.47 Å². The highest BCUT2D eigenvalue weighted by Gasteiger charge is 2.09. The molecular weight excluding hydrogens is 304 g/mol.